The number of nitrogens with zero attached hydrogens (tertiary/aromatic N) is 1. The molecule has 1 fully saturated rings. The monoisotopic (exact) mass is 277 g/mol. The van der Waals surface area contributed by atoms with Crippen LogP contribution in [0.15, 0.2) is 12.1 Å². The standard InChI is InChI=1S/C15H23N3O2/c1-3-16-10-12-13(8-7-11(2)18-12)20-14-6-4-5-9-17-15(14)19/h7-8,14,16H,3-6,9-10H2,1-2H3,(H,17,19). The molecule has 1 aromatic heterocycles. The number of hydrogen-bond acceptors (Lipinski definition) is 4. The van der Waals surface area contributed by atoms with E-state index in [0.717, 1.165) is 43.7 Å². The Hall–Kier alpha value is -1.62. The van der Waals surface area contributed by atoms with Crippen molar-refractivity contribution < 1.29 is 9.53 Å². The quantitative estimate of drug-likeness (QED) is 0.857. The molecule has 0 bridgehead atoms. The molecule has 2 rings (SSSR count). The summed E-state index contributed by atoms with van der Waals surface area (Å²) < 4.78 is 5.92. The van der Waals surface area contributed by atoms with Gasteiger partial charge in [-0.05, 0) is 44.9 Å². The van der Waals surface area contributed by atoms with Gasteiger partial charge in [-0.25, -0.2) is 0 Å². The fourth-order valence-electron chi connectivity index (χ4n) is 2.25. The lowest BCUT2D eigenvalue weighted by atomic mass is 10.2. The zero-order valence-corrected chi connectivity index (χ0v) is 12.2. The second kappa shape index (κ2) is 7.24. The normalized spacial score (nSPS) is 19.3. The van der Waals surface area contributed by atoms with Crippen LogP contribution in [0.3, 0.4) is 0 Å². The highest BCUT2D eigenvalue weighted by molar-refractivity contribution is 5.81. The molecular weight excluding hydrogens is 254 g/mol. The summed E-state index contributed by atoms with van der Waals surface area (Å²) in [5.74, 6) is 0.691. The van der Waals surface area contributed by atoms with Crippen LogP contribution in [0.4, 0.5) is 0 Å². The van der Waals surface area contributed by atoms with Crippen LogP contribution in [0.1, 0.15) is 37.6 Å². The molecule has 1 atom stereocenters. The highest BCUT2D eigenvalue weighted by Crippen LogP contribution is 2.21. The molecule has 1 aliphatic rings. The molecule has 0 aromatic carbocycles. The maximum Gasteiger partial charge on any atom is 0.261 e. The molecule has 1 unspecified atom stereocenters. The van der Waals surface area contributed by atoms with E-state index < -0.39 is 6.10 Å². The predicted molar refractivity (Wildman–Crippen MR) is 77.6 cm³/mol. The summed E-state index contributed by atoms with van der Waals surface area (Å²) in [6, 6.07) is 3.83. The van der Waals surface area contributed by atoms with Crippen LogP contribution in [0.5, 0.6) is 5.75 Å². The van der Waals surface area contributed by atoms with Crippen molar-refractivity contribution in [1.29, 1.82) is 0 Å². The molecule has 2 heterocycles. The number of ether oxygens (including phenoxy) is 1. The Bertz CT molecular complexity index is 462. The van der Waals surface area contributed by atoms with Crippen molar-refractivity contribution in [3.05, 3.63) is 23.5 Å². The molecule has 1 aromatic rings. The van der Waals surface area contributed by atoms with Gasteiger partial charge < -0.3 is 15.4 Å². The summed E-state index contributed by atoms with van der Waals surface area (Å²) in [6.45, 7) is 6.28. The van der Waals surface area contributed by atoms with Crippen LogP contribution >= 0.6 is 0 Å². The Morgan fingerprint density at radius 2 is 2.30 bits per heavy atom. The number of pyridine rings is 1. The smallest absolute Gasteiger partial charge is 0.261 e. The lowest BCUT2D eigenvalue weighted by Gasteiger charge is -2.18. The highest BCUT2D eigenvalue weighted by atomic mass is 16.5. The molecule has 5 heteroatoms. The third-order valence-electron chi connectivity index (χ3n) is 3.37. The third kappa shape index (κ3) is 3.93. The maximum absolute atomic E-state index is 11.9. The number of rotatable bonds is 5. The zero-order chi connectivity index (χ0) is 14.4. The highest BCUT2D eigenvalue weighted by Gasteiger charge is 2.23. The van der Waals surface area contributed by atoms with Crippen molar-refractivity contribution in [1.82, 2.24) is 15.6 Å². The Morgan fingerprint density at radius 1 is 1.45 bits per heavy atom. The topological polar surface area (TPSA) is 63.3 Å². The average Bonchev–Trinajstić information content (AvgIpc) is 2.64. The van der Waals surface area contributed by atoms with Gasteiger partial charge in [-0.15, -0.1) is 0 Å². The van der Waals surface area contributed by atoms with E-state index in [1.807, 2.05) is 19.1 Å². The molecule has 1 aliphatic heterocycles. The van der Waals surface area contributed by atoms with Crippen LogP contribution in [0, 0.1) is 6.92 Å². The zero-order valence-electron chi connectivity index (χ0n) is 12.2. The minimum Gasteiger partial charge on any atom is -0.479 e. The van der Waals surface area contributed by atoms with Crippen LogP contribution in [0.2, 0.25) is 0 Å². The van der Waals surface area contributed by atoms with Crippen molar-refractivity contribution in [2.75, 3.05) is 13.1 Å². The van der Waals surface area contributed by atoms with Gasteiger partial charge in [-0.2, -0.15) is 0 Å². The minimum atomic E-state index is -0.401. The van der Waals surface area contributed by atoms with E-state index in [-0.39, 0.29) is 5.91 Å². The summed E-state index contributed by atoms with van der Waals surface area (Å²) in [5, 5.41) is 6.14. The van der Waals surface area contributed by atoms with E-state index in [1.165, 1.54) is 0 Å². The largest absolute Gasteiger partial charge is 0.479 e. The number of hydrogen-bond donors (Lipinski definition) is 2. The van der Waals surface area contributed by atoms with Crippen molar-refractivity contribution in [3.8, 4) is 5.75 Å². The van der Waals surface area contributed by atoms with E-state index >= 15 is 0 Å². The Balaban J connectivity index is 2.12. The first kappa shape index (κ1) is 14.8. The molecule has 1 saturated heterocycles. The molecular formula is C15H23N3O2. The molecule has 5 nitrogen and oxygen atoms in total. The second-order valence-electron chi connectivity index (χ2n) is 5.07. The molecule has 2 N–H and O–H groups in total. The van der Waals surface area contributed by atoms with Crippen LogP contribution < -0.4 is 15.4 Å². The number of aryl methyl sites for hydroxylation is 1. The third-order valence-corrected chi connectivity index (χ3v) is 3.37. The molecule has 20 heavy (non-hydrogen) atoms. The Kier molecular flexibility index (Phi) is 5.35. The number of aromatic nitrogens is 1. The van der Waals surface area contributed by atoms with E-state index in [0.29, 0.717) is 12.3 Å². The summed E-state index contributed by atoms with van der Waals surface area (Å²) in [4.78, 5) is 16.4. The fourth-order valence-corrected chi connectivity index (χ4v) is 2.25. The van der Waals surface area contributed by atoms with Gasteiger partial charge in [0.15, 0.2) is 6.10 Å². The van der Waals surface area contributed by atoms with Gasteiger partial charge in [-0.3, -0.25) is 9.78 Å². The number of nitrogens with one attached hydrogen (secondary N) is 2. The summed E-state index contributed by atoms with van der Waals surface area (Å²) in [7, 11) is 0. The summed E-state index contributed by atoms with van der Waals surface area (Å²) in [5.41, 5.74) is 1.82. The van der Waals surface area contributed by atoms with Gasteiger partial charge in [0, 0.05) is 18.8 Å². The maximum atomic E-state index is 11.9. The Morgan fingerprint density at radius 3 is 3.10 bits per heavy atom. The van der Waals surface area contributed by atoms with Crippen molar-refractivity contribution >= 4 is 5.91 Å². The molecule has 0 aliphatic carbocycles. The second-order valence-corrected chi connectivity index (χ2v) is 5.07. The van der Waals surface area contributed by atoms with Gasteiger partial charge in [0.05, 0.1) is 5.69 Å². The van der Waals surface area contributed by atoms with E-state index in [2.05, 4.69) is 22.5 Å². The van der Waals surface area contributed by atoms with Crippen molar-refractivity contribution in [3.63, 3.8) is 0 Å². The van der Waals surface area contributed by atoms with Crippen LogP contribution in [-0.2, 0) is 11.3 Å². The summed E-state index contributed by atoms with van der Waals surface area (Å²) in [6.07, 6.45) is 2.38. The Labute approximate surface area is 120 Å². The molecule has 1 amide bonds. The fraction of sp³-hybridized carbons (Fsp3) is 0.600. The number of carbonyl (C=O) groups excluding carboxylic acids is 1. The first-order chi connectivity index (χ1) is 9.70. The minimum absolute atomic E-state index is 0.0162. The molecule has 0 radical (unpaired) electrons. The van der Waals surface area contributed by atoms with E-state index in [4.69, 9.17) is 4.74 Å². The molecule has 0 spiro atoms. The SMILES string of the molecule is CCNCc1nc(C)ccc1OC1CCCCNC1=O. The lowest BCUT2D eigenvalue weighted by Crippen LogP contribution is -2.36. The number of amides is 1. The molecule has 110 valence electrons. The van der Waals surface area contributed by atoms with Crippen LogP contribution in [-0.4, -0.2) is 30.1 Å². The lowest BCUT2D eigenvalue weighted by molar-refractivity contribution is -0.127. The van der Waals surface area contributed by atoms with E-state index in [9.17, 15) is 4.79 Å². The van der Waals surface area contributed by atoms with E-state index in [1.54, 1.807) is 0 Å². The van der Waals surface area contributed by atoms with Gasteiger partial charge in [0.25, 0.3) is 5.91 Å². The number of carbonyl (C=O) groups is 1. The van der Waals surface area contributed by atoms with Crippen molar-refractivity contribution in [2.24, 2.45) is 0 Å². The van der Waals surface area contributed by atoms with Gasteiger partial charge in [-0.1, -0.05) is 6.92 Å². The van der Waals surface area contributed by atoms with Gasteiger partial charge in [0.1, 0.15) is 5.75 Å². The van der Waals surface area contributed by atoms with Crippen molar-refractivity contribution in [2.45, 2.75) is 45.8 Å². The first-order valence-electron chi connectivity index (χ1n) is 7.32. The van der Waals surface area contributed by atoms with Crippen LogP contribution in [0.25, 0.3) is 0 Å². The molecule has 0 saturated carbocycles. The van der Waals surface area contributed by atoms with Gasteiger partial charge >= 0.3 is 0 Å². The predicted octanol–water partition coefficient (Wildman–Crippen LogP) is 1.55. The summed E-state index contributed by atoms with van der Waals surface area (Å²) >= 11 is 0. The average molecular weight is 277 g/mol. The van der Waals surface area contributed by atoms with Gasteiger partial charge in [0.2, 0.25) is 0 Å². The first-order valence-corrected chi connectivity index (χ1v) is 7.32.